The summed E-state index contributed by atoms with van der Waals surface area (Å²) in [6.45, 7) is 14.5. The van der Waals surface area contributed by atoms with Gasteiger partial charge in [0.25, 0.3) is 0 Å². The SMILES string of the molecule is CCC(C)(C)C(=O)Oc1ccc(C[C@](N)(CCOC(=O)CC(C)C)C(=O)OC)cc1OC(=O)C(C)(C)CC. The number of esters is 4. The third-order valence-electron chi connectivity index (χ3n) is 6.78. The van der Waals surface area contributed by atoms with Gasteiger partial charge in [0.2, 0.25) is 0 Å². The first-order valence-electron chi connectivity index (χ1n) is 13.1. The van der Waals surface area contributed by atoms with E-state index in [9.17, 15) is 19.2 Å². The number of benzene rings is 1. The van der Waals surface area contributed by atoms with Crippen LogP contribution in [0.1, 0.15) is 86.6 Å². The molecule has 1 aromatic rings. The second-order valence-electron chi connectivity index (χ2n) is 11.4. The van der Waals surface area contributed by atoms with Crippen molar-refractivity contribution in [2.24, 2.45) is 22.5 Å². The summed E-state index contributed by atoms with van der Waals surface area (Å²) in [6, 6.07) is 4.68. The van der Waals surface area contributed by atoms with Crippen LogP contribution in [0.25, 0.3) is 0 Å². The smallest absolute Gasteiger partial charge is 0.326 e. The van der Waals surface area contributed by atoms with E-state index in [0.717, 1.165) is 0 Å². The first kappa shape index (κ1) is 33.1. The van der Waals surface area contributed by atoms with Crippen LogP contribution in [0.5, 0.6) is 11.5 Å². The lowest BCUT2D eigenvalue weighted by atomic mass is 9.88. The largest absolute Gasteiger partial charge is 0.468 e. The second-order valence-corrected chi connectivity index (χ2v) is 11.4. The maximum Gasteiger partial charge on any atom is 0.326 e. The lowest BCUT2D eigenvalue weighted by Crippen LogP contribution is -2.51. The Morgan fingerprint density at radius 2 is 1.39 bits per heavy atom. The van der Waals surface area contributed by atoms with Crippen molar-refractivity contribution in [3.8, 4) is 11.5 Å². The van der Waals surface area contributed by atoms with Crippen LogP contribution in [-0.2, 0) is 35.1 Å². The van der Waals surface area contributed by atoms with Crippen molar-refractivity contribution in [3.05, 3.63) is 23.8 Å². The van der Waals surface area contributed by atoms with Crippen molar-refractivity contribution >= 4 is 23.9 Å². The van der Waals surface area contributed by atoms with Gasteiger partial charge >= 0.3 is 23.9 Å². The van der Waals surface area contributed by atoms with Gasteiger partial charge in [-0.05, 0) is 64.2 Å². The van der Waals surface area contributed by atoms with Gasteiger partial charge in [0, 0.05) is 19.3 Å². The third-order valence-corrected chi connectivity index (χ3v) is 6.78. The molecule has 0 unspecified atom stereocenters. The minimum Gasteiger partial charge on any atom is -0.468 e. The highest BCUT2D eigenvalue weighted by Gasteiger charge is 2.37. The molecule has 2 N–H and O–H groups in total. The standard InChI is InChI=1S/C29H45NO8/c1-10-27(5,6)24(32)37-21-13-12-20(17-22(21)38-25(33)28(7,8)11-2)18-29(30,26(34)35-9)14-15-36-23(31)16-19(3)4/h12-13,17,19H,10-11,14-16,18,30H2,1-9H3/t29-/m1/s1. The van der Waals surface area contributed by atoms with Crippen molar-refractivity contribution in [1.82, 2.24) is 0 Å². The number of nitrogens with two attached hydrogens (primary N) is 1. The molecule has 1 rings (SSSR count). The summed E-state index contributed by atoms with van der Waals surface area (Å²) in [5, 5.41) is 0. The van der Waals surface area contributed by atoms with Crippen LogP contribution >= 0.6 is 0 Å². The minimum absolute atomic E-state index is 0.00218. The Kier molecular flexibility index (Phi) is 12.0. The summed E-state index contributed by atoms with van der Waals surface area (Å²) in [5.41, 5.74) is 3.96. The number of methoxy groups -OCH3 is 1. The molecule has 0 bridgehead atoms. The molecule has 0 radical (unpaired) electrons. The molecule has 0 amide bonds. The molecular weight excluding hydrogens is 490 g/mol. The Bertz CT molecular complexity index is 998. The molecule has 0 heterocycles. The fraction of sp³-hybridized carbons (Fsp3) is 0.655. The summed E-state index contributed by atoms with van der Waals surface area (Å²) in [6.07, 6.45) is 1.36. The maximum absolute atomic E-state index is 12.9. The molecule has 0 aliphatic heterocycles. The topological polar surface area (TPSA) is 131 Å². The molecule has 0 fully saturated rings. The van der Waals surface area contributed by atoms with Crippen molar-refractivity contribution in [2.45, 2.75) is 93.0 Å². The van der Waals surface area contributed by atoms with E-state index in [4.69, 9.17) is 24.7 Å². The Morgan fingerprint density at radius 3 is 1.87 bits per heavy atom. The second kappa shape index (κ2) is 13.7. The van der Waals surface area contributed by atoms with Gasteiger partial charge in [-0.25, -0.2) is 0 Å². The summed E-state index contributed by atoms with van der Waals surface area (Å²) < 4.78 is 21.5. The predicted molar refractivity (Wildman–Crippen MR) is 144 cm³/mol. The van der Waals surface area contributed by atoms with Crippen LogP contribution in [0.2, 0.25) is 0 Å². The Labute approximate surface area is 226 Å². The number of carbonyl (C=O) groups excluding carboxylic acids is 4. The van der Waals surface area contributed by atoms with Gasteiger partial charge in [-0.1, -0.05) is 33.8 Å². The van der Waals surface area contributed by atoms with Gasteiger partial charge in [0.1, 0.15) is 5.54 Å². The van der Waals surface area contributed by atoms with Gasteiger partial charge in [0.15, 0.2) is 11.5 Å². The molecule has 0 aliphatic rings. The molecule has 9 nitrogen and oxygen atoms in total. The molecule has 0 aromatic heterocycles. The van der Waals surface area contributed by atoms with E-state index in [2.05, 4.69) is 0 Å². The van der Waals surface area contributed by atoms with Crippen molar-refractivity contribution in [2.75, 3.05) is 13.7 Å². The minimum atomic E-state index is -1.51. The van der Waals surface area contributed by atoms with Gasteiger partial charge in [-0.2, -0.15) is 0 Å². The molecule has 0 saturated carbocycles. The van der Waals surface area contributed by atoms with Gasteiger partial charge in [0.05, 0.1) is 24.5 Å². The van der Waals surface area contributed by atoms with E-state index in [1.54, 1.807) is 33.8 Å². The molecule has 38 heavy (non-hydrogen) atoms. The Hall–Kier alpha value is -2.94. The molecule has 1 atom stereocenters. The van der Waals surface area contributed by atoms with E-state index in [-0.39, 0.29) is 49.3 Å². The van der Waals surface area contributed by atoms with Crippen LogP contribution in [0.4, 0.5) is 0 Å². The number of rotatable bonds is 14. The quantitative estimate of drug-likeness (QED) is 0.264. The summed E-state index contributed by atoms with van der Waals surface area (Å²) in [5.74, 6) is -1.74. The molecule has 214 valence electrons. The van der Waals surface area contributed by atoms with Gasteiger partial charge in [-0.15, -0.1) is 0 Å². The summed E-state index contributed by atoms with van der Waals surface area (Å²) in [7, 11) is 1.23. The fourth-order valence-corrected chi connectivity index (χ4v) is 3.16. The first-order valence-corrected chi connectivity index (χ1v) is 13.1. The van der Waals surface area contributed by atoms with Crippen LogP contribution in [0, 0.1) is 16.7 Å². The van der Waals surface area contributed by atoms with Crippen LogP contribution in [0.3, 0.4) is 0 Å². The number of ether oxygens (including phenoxy) is 4. The Morgan fingerprint density at radius 1 is 0.868 bits per heavy atom. The summed E-state index contributed by atoms with van der Waals surface area (Å²) in [4.78, 5) is 50.2. The normalized spacial score (nSPS) is 13.4. The zero-order valence-electron chi connectivity index (χ0n) is 24.4. The highest BCUT2D eigenvalue weighted by molar-refractivity contribution is 5.82. The monoisotopic (exact) mass is 535 g/mol. The average Bonchev–Trinajstić information content (AvgIpc) is 2.84. The van der Waals surface area contributed by atoms with E-state index in [0.29, 0.717) is 18.4 Å². The number of hydrogen-bond acceptors (Lipinski definition) is 9. The zero-order valence-corrected chi connectivity index (χ0v) is 24.4. The van der Waals surface area contributed by atoms with Gasteiger partial charge < -0.3 is 24.7 Å². The van der Waals surface area contributed by atoms with E-state index >= 15 is 0 Å². The molecule has 9 heteroatoms. The maximum atomic E-state index is 12.9. The van der Waals surface area contributed by atoms with E-state index in [1.807, 2.05) is 27.7 Å². The lowest BCUT2D eigenvalue weighted by molar-refractivity contribution is -0.151. The molecule has 1 aromatic carbocycles. The molecule has 0 aliphatic carbocycles. The highest BCUT2D eigenvalue weighted by Crippen LogP contribution is 2.35. The molecular formula is C29H45NO8. The highest BCUT2D eigenvalue weighted by atomic mass is 16.6. The van der Waals surface area contributed by atoms with Crippen molar-refractivity contribution < 1.29 is 38.1 Å². The number of hydrogen-bond donors (Lipinski definition) is 1. The van der Waals surface area contributed by atoms with Crippen LogP contribution in [0.15, 0.2) is 18.2 Å². The molecule has 0 saturated heterocycles. The van der Waals surface area contributed by atoms with Gasteiger partial charge in [-0.3, -0.25) is 19.2 Å². The molecule has 0 spiro atoms. The first-order chi connectivity index (χ1) is 17.5. The fourth-order valence-electron chi connectivity index (χ4n) is 3.16. The van der Waals surface area contributed by atoms with Crippen molar-refractivity contribution in [1.29, 1.82) is 0 Å². The summed E-state index contributed by atoms with van der Waals surface area (Å²) >= 11 is 0. The number of carbonyl (C=O) groups is 4. The van der Waals surface area contributed by atoms with Crippen LogP contribution in [-0.4, -0.2) is 43.1 Å². The average molecular weight is 536 g/mol. The van der Waals surface area contributed by atoms with Crippen molar-refractivity contribution in [3.63, 3.8) is 0 Å². The van der Waals surface area contributed by atoms with E-state index < -0.39 is 34.3 Å². The zero-order chi connectivity index (χ0) is 29.3. The van der Waals surface area contributed by atoms with Crippen LogP contribution < -0.4 is 15.2 Å². The predicted octanol–water partition coefficient (Wildman–Crippen LogP) is 4.76. The third kappa shape index (κ3) is 9.42. The van der Waals surface area contributed by atoms with E-state index in [1.165, 1.54) is 19.2 Å². The lowest BCUT2D eigenvalue weighted by Gasteiger charge is -2.27. The Balaban J connectivity index is 3.31.